The summed E-state index contributed by atoms with van der Waals surface area (Å²) in [5.74, 6) is 1.00. The number of urea groups is 1. The summed E-state index contributed by atoms with van der Waals surface area (Å²) in [6.45, 7) is 2.61. The summed E-state index contributed by atoms with van der Waals surface area (Å²) in [6, 6.07) is 17.5. The number of hydrogen-bond acceptors (Lipinski definition) is 4. The maximum absolute atomic E-state index is 13.0. The van der Waals surface area contributed by atoms with Crippen LogP contribution >= 0.6 is 11.8 Å². The predicted molar refractivity (Wildman–Crippen MR) is 115 cm³/mol. The van der Waals surface area contributed by atoms with Crippen LogP contribution in [0.15, 0.2) is 59.6 Å². The number of imide groups is 1. The van der Waals surface area contributed by atoms with E-state index in [0.29, 0.717) is 12.4 Å². The van der Waals surface area contributed by atoms with Gasteiger partial charge in [0.25, 0.3) is 17.8 Å². The Hall–Kier alpha value is -2.93. The minimum Gasteiger partial charge on any atom is -0.269 e. The van der Waals surface area contributed by atoms with Crippen LogP contribution in [-0.2, 0) is 17.1 Å². The van der Waals surface area contributed by atoms with Gasteiger partial charge in [-0.15, -0.1) is 0 Å². The van der Waals surface area contributed by atoms with E-state index in [2.05, 4.69) is 37.3 Å². The van der Waals surface area contributed by atoms with Crippen LogP contribution in [-0.4, -0.2) is 57.5 Å². The number of rotatable bonds is 4. The largest absolute Gasteiger partial charge is 0.358 e. The van der Waals surface area contributed by atoms with E-state index in [9.17, 15) is 9.59 Å². The molecule has 2 heterocycles. The van der Waals surface area contributed by atoms with Crippen LogP contribution in [0.2, 0.25) is 0 Å². The number of thioether (sulfide) groups is 1. The van der Waals surface area contributed by atoms with Gasteiger partial charge in [-0.05, 0) is 34.8 Å². The predicted octanol–water partition coefficient (Wildman–Crippen LogP) is 3.10. The van der Waals surface area contributed by atoms with E-state index in [4.69, 9.17) is 4.99 Å². The third-order valence-electron chi connectivity index (χ3n) is 5.14. The summed E-state index contributed by atoms with van der Waals surface area (Å²) >= 11 is 1.59. The summed E-state index contributed by atoms with van der Waals surface area (Å²) in [7, 11) is 3.20. The van der Waals surface area contributed by atoms with Crippen LogP contribution < -0.4 is 0 Å². The highest BCUT2D eigenvalue weighted by Gasteiger charge is 2.53. The Kier molecular flexibility index (Phi) is 5.24. The van der Waals surface area contributed by atoms with Gasteiger partial charge in [0.1, 0.15) is 6.54 Å². The number of carbonyl (C=O) groups excluding carboxylic acids is 2. The van der Waals surface area contributed by atoms with Crippen molar-refractivity contribution < 1.29 is 14.2 Å². The Balaban J connectivity index is 1.70. The van der Waals surface area contributed by atoms with Crippen molar-refractivity contribution in [3.63, 3.8) is 0 Å². The Morgan fingerprint density at radius 1 is 1.00 bits per heavy atom. The van der Waals surface area contributed by atoms with Crippen LogP contribution in [0.3, 0.4) is 0 Å². The molecule has 0 radical (unpaired) electrons. The number of hydrogen-bond donors (Lipinski definition) is 0. The van der Waals surface area contributed by atoms with Crippen molar-refractivity contribution in [2.75, 3.05) is 14.1 Å². The second-order valence-electron chi connectivity index (χ2n) is 7.29. The highest BCUT2D eigenvalue weighted by Crippen LogP contribution is 2.26. The summed E-state index contributed by atoms with van der Waals surface area (Å²) in [5, 5.41) is 0.763. The summed E-state index contributed by atoms with van der Waals surface area (Å²) in [4.78, 5) is 32.7. The van der Waals surface area contributed by atoms with Crippen molar-refractivity contribution in [3.05, 3.63) is 71.3 Å². The van der Waals surface area contributed by atoms with Crippen molar-refractivity contribution in [3.8, 4) is 0 Å². The van der Waals surface area contributed by atoms with Gasteiger partial charge in [0.2, 0.25) is 0 Å². The lowest BCUT2D eigenvalue weighted by Crippen LogP contribution is -2.61. The minimum atomic E-state index is -0.582. The molecular formula is C22H23N4O2S+. The smallest absolute Gasteiger partial charge is 0.269 e. The Bertz CT molecular complexity index is 1030. The van der Waals surface area contributed by atoms with E-state index in [-0.39, 0.29) is 11.9 Å². The van der Waals surface area contributed by atoms with E-state index < -0.39 is 6.04 Å². The SMILES string of the molecule is Cc1cccc(C[N+]2=C(SCc3ccccc3)N=C3C2C(=O)N(C)C(=O)N3C)c1. The van der Waals surface area contributed by atoms with Gasteiger partial charge in [-0.25, -0.2) is 9.37 Å². The zero-order valence-electron chi connectivity index (χ0n) is 16.7. The number of aliphatic imine (C=N–C) groups is 1. The molecule has 1 saturated heterocycles. The zero-order valence-corrected chi connectivity index (χ0v) is 17.5. The van der Waals surface area contributed by atoms with Gasteiger partial charge in [-0.1, -0.05) is 60.2 Å². The molecule has 0 bridgehead atoms. The zero-order chi connectivity index (χ0) is 20.5. The number of amides is 3. The normalized spacial score (nSPS) is 19.0. The molecule has 3 amide bonds. The molecule has 1 fully saturated rings. The van der Waals surface area contributed by atoms with Crippen LogP contribution in [0.5, 0.6) is 0 Å². The molecule has 6 nitrogen and oxygen atoms in total. The fraction of sp³-hybridized carbons (Fsp3) is 0.273. The third-order valence-corrected chi connectivity index (χ3v) is 6.20. The third kappa shape index (κ3) is 3.70. The topological polar surface area (TPSA) is 56.0 Å². The number of likely N-dealkylation sites (N-methyl/N-ethyl adjacent to an activating group) is 2. The van der Waals surface area contributed by atoms with Crippen LogP contribution in [0, 0.1) is 6.92 Å². The summed E-state index contributed by atoms with van der Waals surface area (Å²) in [6.07, 6.45) is 0. The average Bonchev–Trinajstić information content (AvgIpc) is 3.08. The molecule has 0 aromatic heterocycles. The molecule has 4 rings (SSSR count). The molecule has 29 heavy (non-hydrogen) atoms. The van der Waals surface area contributed by atoms with Gasteiger partial charge in [-0.3, -0.25) is 14.6 Å². The second kappa shape index (κ2) is 7.83. The first-order valence-electron chi connectivity index (χ1n) is 9.45. The fourth-order valence-corrected chi connectivity index (χ4v) is 4.56. The number of nitrogens with zero attached hydrogens (tertiary/aromatic N) is 4. The quantitative estimate of drug-likeness (QED) is 0.732. The molecule has 0 saturated carbocycles. The number of benzene rings is 2. The van der Waals surface area contributed by atoms with Crippen LogP contribution in [0.1, 0.15) is 16.7 Å². The molecule has 148 valence electrons. The van der Waals surface area contributed by atoms with Gasteiger partial charge in [0, 0.05) is 19.8 Å². The average molecular weight is 408 g/mol. The fourth-order valence-electron chi connectivity index (χ4n) is 3.58. The maximum Gasteiger partial charge on any atom is 0.358 e. The molecule has 2 aliphatic rings. The standard InChI is InChI=1S/C22H23N4O2S/c1-15-8-7-11-17(12-15)13-26-18-19(24(2)22(28)25(3)20(18)27)23-21(26)29-14-16-9-5-4-6-10-16/h4-12,18H,13-14H2,1-3H3/q+1. The molecule has 2 aromatic carbocycles. The van der Waals surface area contributed by atoms with Crippen molar-refractivity contribution in [1.82, 2.24) is 9.80 Å². The number of carbonyl (C=O) groups is 2. The number of fused-ring (bicyclic) bond motifs is 1. The number of aryl methyl sites for hydroxylation is 1. The monoisotopic (exact) mass is 407 g/mol. The lowest BCUT2D eigenvalue weighted by atomic mass is 10.1. The Morgan fingerprint density at radius 3 is 2.45 bits per heavy atom. The van der Waals surface area contributed by atoms with Crippen molar-refractivity contribution in [1.29, 1.82) is 0 Å². The Morgan fingerprint density at radius 2 is 1.72 bits per heavy atom. The summed E-state index contributed by atoms with van der Waals surface area (Å²) < 4.78 is 2.01. The molecule has 2 aromatic rings. The van der Waals surface area contributed by atoms with Crippen molar-refractivity contribution >= 4 is 34.7 Å². The highest BCUT2D eigenvalue weighted by molar-refractivity contribution is 8.13. The van der Waals surface area contributed by atoms with Gasteiger partial charge in [-0.2, -0.15) is 0 Å². The van der Waals surface area contributed by atoms with E-state index in [0.717, 1.165) is 16.5 Å². The first-order valence-corrected chi connectivity index (χ1v) is 10.4. The molecule has 1 atom stereocenters. The van der Waals surface area contributed by atoms with E-state index >= 15 is 0 Å². The van der Waals surface area contributed by atoms with E-state index in [1.54, 1.807) is 18.8 Å². The lowest BCUT2D eigenvalue weighted by Gasteiger charge is -2.30. The maximum atomic E-state index is 13.0. The molecule has 0 N–H and O–H groups in total. The second-order valence-corrected chi connectivity index (χ2v) is 8.23. The molecule has 1 unspecified atom stereocenters. The van der Waals surface area contributed by atoms with Crippen molar-refractivity contribution in [2.24, 2.45) is 4.99 Å². The molecule has 2 aliphatic heterocycles. The van der Waals surface area contributed by atoms with Crippen LogP contribution in [0.25, 0.3) is 0 Å². The van der Waals surface area contributed by atoms with Gasteiger partial charge < -0.3 is 0 Å². The van der Waals surface area contributed by atoms with Gasteiger partial charge in [0.15, 0.2) is 0 Å². The number of amidine groups is 2. The molecule has 7 heteroatoms. The van der Waals surface area contributed by atoms with Gasteiger partial charge >= 0.3 is 11.2 Å². The minimum absolute atomic E-state index is 0.241. The highest BCUT2D eigenvalue weighted by atomic mass is 32.2. The van der Waals surface area contributed by atoms with E-state index in [1.165, 1.54) is 28.0 Å². The van der Waals surface area contributed by atoms with Gasteiger partial charge in [0.05, 0.1) is 0 Å². The Labute approximate surface area is 174 Å². The lowest BCUT2D eigenvalue weighted by molar-refractivity contribution is -0.548. The first-order chi connectivity index (χ1) is 14.0. The summed E-state index contributed by atoms with van der Waals surface area (Å²) in [5.41, 5.74) is 3.46. The first kappa shape index (κ1) is 19.4. The molecule has 0 aliphatic carbocycles. The van der Waals surface area contributed by atoms with Crippen LogP contribution in [0.4, 0.5) is 4.79 Å². The molecular weight excluding hydrogens is 384 g/mol. The van der Waals surface area contributed by atoms with Crippen molar-refractivity contribution in [2.45, 2.75) is 25.3 Å². The molecule has 0 spiro atoms. The van der Waals surface area contributed by atoms with E-state index in [1.807, 2.05) is 28.8 Å².